The second kappa shape index (κ2) is 12.7. The van der Waals surface area contributed by atoms with Gasteiger partial charge in [-0.05, 0) is 55.6 Å². The summed E-state index contributed by atoms with van der Waals surface area (Å²) in [5.41, 5.74) is 3.16. The Morgan fingerprint density at radius 3 is 2.68 bits per heavy atom. The molecule has 1 atom stereocenters. The molecule has 1 aromatic heterocycles. The second-order valence-electron chi connectivity index (χ2n) is 8.86. The number of likely N-dealkylation sites (N-methyl/N-ethyl adjacent to an activating group) is 1. The summed E-state index contributed by atoms with van der Waals surface area (Å²) in [7, 11) is 3.88. The maximum absolute atomic E-state index is 13.5. The van der Waals surface area contributed by atoms with E-state index in [1.54, 1.807) is 12.1 Å². The Hall–Kier alpha value is -4.14. The number of aromatic nitrogens is 2. The summed E-state index contributed by atoms with van der Waals surface area (Å²) in [6.07, 6.45) is 4.83. The van der Waals surface area contributed by atoms with Crippen molar-refractivity contribution < 1.29 is 13.9 Å². The molecule has 0 aliphatic rings. The van der Waals surface area contributed by atoms with Crippen LogP contribution in [0.5, 0.6) is 0 Å². The summed E-state index contributed by atoms with van der Waals surface area (Å²) in [5.74, 6) is 0.121. The highest BCUT2D eigenvalue weighted by Gasteiger charge is 2.15. The van der Waals surface area contributed by atoms with Crippen molar-refractivity contribution >= 4 is 28.3 Å². The molecular formula is C29H30FN5O2. The van der Waals surface area contributed by atoms with Crippen LogP contribution in [0, 0.1) is 5.82 Å². The van der Waals surface area contributed by atoms with Crippen molar-refractivity contribution in [3.8, 4) is 0 Å². The van der Waals surface area contributed by atoms with E-state index in [2.05, 4.69) is 20.6 Å². The van der Waals surface area contributed by atoms with Gasteiger partial charge in [-0.15, -0.1) is 0 Å². The number of rotatable bonds is 11. The molecule has 0 saturated carbocycles. The first kappa shape index (κ1) is 25.9. The zero-order valence-electron chi connectivity index (χ0n) is 20.9. The number of ether oxygens (including phenoxy) is 1. The van der Waals surface area contributed by atoms with E-state index in [4.69, 9.17) is 4.74 Å². The number of hydrogen-bond acceptors (Lipinski definition) is 6. The van der Waals surface area contributed by atoms with Gasteiger partial charge in [0, 0.05) is 23.7 Å². The Bertz CT molecular complexity index is 1360. The summed E-state index contributed by atoms with van der Waals surface area (Å²) in [4.78, 5) is 23.2. The summed E-state index contributed by atoms with van der Waals surface area (Å²) in [6, 6.07) is 21.6. The Morgan fingerprint density at radius 2 is 1.89 bits per heavy atom. The molecule has 2 N–H and O–H groups in total. The highest BCUT2D eigenvalue weighted by molar-refractivity contribution is 6.01. The van der Waals surface area contributed by atoms with Gasteiger partial charge in [0.1, 0.15) is 18.0 Å². The van der Waals surface area contributed by atoms with Crippen molar-refractivity contribution in [1.82, 2.24) is 14.9 Å². The van der Waals surface area contributed by atoms with Gasteiger partial charge in [-0.3, -0.25) is 4.79 Å². The molecule has 0 aliphatic heterocycles. The number of benzene rings is 3. The van der Waals surface area contributed by atoms with Gasteiger partial charge in [-0.2, -0.15) is 0 Å². The number of anilines is 2. The topological polar surface area (TPSA) is 79.4 Å². The van der Waals surface area contributed by atoms with Crippen molar-refractivity contribution in [3.63, 3.8) is 0 Å². The molecule has 0 fully saturated rings. The predicted molar refractivity (Wildman–Crippen MR) is 145 cm³/mol. The highest BCUT2D eigenvalue weighted by Crippen LogP contribution is 2.27. The molecule has 190 valence electrons. The molecule has 0 bridgehead atoms. The molecule has 0 spiro atoms. The largest absolute Gasteiger partial charge is 0.374 e. The summed E-state index contributed by atoms with van der Waals surface area (Å²) in [6.45, 7) is 1.29. The SMILES string of the molecule is CN(C)C/C=C/C(=O)Nc1ccc2ncnc(N[C@H](COCc3cccc(F)c3)c3ccccc3)c2c1. The lowest BCUT2D eigenvalue weighted by molar-refractivity contribution is -0.111. The smallest absolute Gasteiger partial charge is 0.248 e. The van der Waals surface area contributed by atoms with E-state index in [0.29, 0.717) is 24.7 Å². The molecule has 37 heavy (non-hydrogen) atoms. The Morgan fingerprint density at radius 1 is 1.05 bits per heavy atom. The number of halogens is 1. The van der Waals surface area contributed by atoms with Crippen LogP contribution in [0.1, 0.15) is 17.2 Å². The van der Waals surface area contributed by atoms with E-state index in [1.807, 2.05) is 73.6 Å². The second-order valence-corrected chi connectivity index (χ2v) is 8.86. The van der Waals surface area contributed by atoms with Crippen LogP contribution in [0.4, 0.5) is 15.9 Å². The Kier molecular flexibility index (Phi) is 8.91. The Labute approximate surface area is 216 Å². The van der Waals surface area contributed by atoms with Gasteiger partial charge in [-0.25, -0.2) is 14.4 Å². The van der Waals surface area contributed by atoms with E-state index in [1.165, 1.54) is 24.5 Å². The normalized spacial score (nSPS) is 12.2. The first-order valence-corrected chi connectivity index (χ1v) is 12.0. The van der Waals surface area contributed by atoms with Gasteiger partial charge in [0.25, 0.3) is 0 Å². The first-order valence-electron chi connectivity index (χ1n) is 12.0. The van der Waals surface area contributed by atoms with E-state index in [-0.39, 0.29) is 24.4 Å². The van der Waals surface area contributed by atoms with Crippen molar-refractivity contribution in [2.45, 2.75) is 12.6 Å². The fourth-order valence-electron chi connectivity index (χ4n) is 3.80. The van der Waals surface area contributed by atoms with Crippen LogP contribution in [-0.2, 0) is 16.1 Å². The van der Waals surface area contributed by atoms with Gasteiger partial charge in [0.15, 0.2) is 0 Å². The average Bonchev–Trinajstić information content (AvgIpc) is 2.88. The standard InChI is InChI=1S/C29H30FN5O2/c1-35(2)15-7-12-28(36)33-24-13-14-26-25(17-24)29(32-20-31-26)34-27(22-9-4-3-5-10-22)19-37-18-21-8-6-11-23(30)16-21/h3-14,16-17,20,27H,15,18-19H2,1-2H3,(H,33,36)(H,31,32,34)/b12-7+/t27-/m1/s1. The van der Waals surface area contributed by atoms with Crippen LogP contribution in [0.2, 0.25) is 0 Å². The van der Waals surface area contributed by atoms with Crippen LogP contribution in [-0.4, -0.2) is 48.0 Å². The maximum Gasteiger partial charge on any atom is 0.248 e. The van der Waals surface area contributed by atoms with E-state index in [9.17, 15) is 9.18 Å². The lowest BCUT2D eigenvalue weighted by atomic mass is 10.1. The molecule has 0 radical (unpaired) electrons. The minimum absolute atomic E-state index is 0.208. The third-order valence-electron chi connectivity index (χ3n) is 5.60. The molecule has 0 aliphatic carbocycles. The van der Waals surface area contributed by atoms with Crippen molar-refractivity contribution in [2.75, 3.05) is 37.9 Å². The molecule has 8 heteroatoms. The van der Waals surface area contributed by atoms with Crippen LogP contribution in [0.3, 0.4) is 0 Å². The zero-order valence-corrected chi connectivity index (χ0v) is 20.9. The first-order chi connectivity index (χ1) is 18.0. The number of carbonyl (C=O) groups is 1. The Balaban J connectivity index is 1.53. The third-order valence-corrected chi connectivity index (χ3v) is 5.60. The predicted octanol–water partition coefficient (Wildman–Crippen LogP) is 5.20. The van der Waals surface area contributed by atoms with Gasteiger partial charge in [-0.1, -0.05) is 48.5 Å². The lowest BCUT2D eigenvalue weighted by Crippen LogP contribution is -2.18. The maximum atomic E-state index is 13.5. The zero-order chi connectivity index (χ0) is 26.0. The van der Waals surface area contributed by atoms with Crippen molar-refractivity contribution in [3.05, 3.63) is 108 Å². The third kappa shape index (κ3) is 7.67. The summed E-state index contributed by atoms with van der Waals surface area (Å²) >= 11 is 0. The minimum atomic E-state index is -0.289. The average molecular weight is 500 g/mol. The van der Waals surface area contributed by atoms with Crippen LogP contribution in [0.25, 0.3) is 10.9 Å². The lowest BCUT2D eigenvalue weighted by Gasteiger charge is -2.21. The molecule has 0 saturated heterocycles. The number of hydrogen-bond donors (Lipinski definition) is 2. The number of amides is 1. The minimum Gasteiger partial charge on any atom is -0.374 e. The molecule has 7 nitrogen and oxygen atoms in total. The van der Waals surface area contributed by atoms with Gasteiger partial charge in [0.05, 0.1) is 24.8 Å². The van der Waals surface area contributed by atoms with Crippen LogP contribution >= 0.6 is 0 Å². The molecular weight excluding hydrogens is 469 g/mol. The molecule has 0 unspecified atom stereocenters. The number of carbonyl (C=O) groups excluding carboxylic acids is 1. The van der Waals surface area contributed by atoms with Crippen LogP contribution in [0.15, 0.2) is 91.3 Å². The monoisotopic (exact) mass is 499 g/mol. The van der Waals surface area contributed by atoms with E-state index in [0.717, 1.165) is 22.0 Å². The quantitative estimate of drug-likeness (QED) is 0.276. The fraction of sp³-hybridized carbons (Fsp3) is 0.207. The van der Waals surface area contributed by atoms with Gasteiger partial charge in [0.2, 0.25) is 5.91 Å². The van der Waals surface area contributed by atoms with Gasteiger partial charge >= 0.3 is 0 Å². The van der Waals surface area contributed by atoms with Crippen molar-refractivity contribution in [2.24, 2.45) is 0 Å². The molecule has 1 amide bonds. The van der Waals surface area contributed by atoms with Gasteiger partial charge < -0.3 is 20.3 Å². The molecule has 1 heterocycles. The number of nitrogens with zero attached hydrogens (tertiary/aromatic N) is 3. The molecule has 3 aromatic carbocycles. The number of fused-ring (bicyclic) bond motifs is 1. The fourth-order valence-corrected chi connectivity index (χ4v) is 3.80. The highest BCUT2D eigenvalue weighted by atomic mass is 19.1. The summed E-state index contributed by atoms with van der Waals surface area (Å²) < 4.78 is 19.5. The van der Waals surface area contributed by atoms with Crippen molar-refractivity contribution in [1.29, 1.82) is 0 Å². The number of nitrogens with one attached hydrogen (secondary N) is 2. The molecule has 4 rings (SSSR count). The van der Waals surface area contributed by atoms with E-state index < -0.39 is 0 Å². The molecule has 4 aromatic rings. The summed E-state index contributed by atoms with van der Waals surface area (Å²) in [5, 5.41) is 7.14. The van der Waals surface area contributed by atoms with E-state index >= 15 is 0 Å². The van der Waals surface area contributed by atoms with Crippen LogP contribution < -0.4 is 10.6 Å².